The molecule has 1 heterocycles. The first kappa shape index (κ1) is 57.9. The van der Waals surface area contributed by atoms with E-state index in [1.165, 1.54) is 116 Å². The van der Waals surface area contributed by atoms with Crippen molar-refractivity contribution in [1.82, 2.24) is 0 Å². The first-order valence-corrected chi connectivity index (χ1v) is 25.4. The molecule has 1 aliphatic rings. The molecule has 1 aliphatic heterocycles. The van der Waals surface area contributed by atoms with Crippen LogP contribution in [0.1, 0.15) is 206 Å². The van der Waals surface area contributed by atoms with E-state index < -0.39 is 43.4 Å². The molecule has 9 nitrogen and oxygen atoms in total. The molecule has 0 aromatic carbocycles. The summed E-state index contributed by atoms with van der Waals surface area (Å²) in [6, 6.07) is 0. The molecule has 0 amide bonds. The number of allylic oxidation sites excluding steroid dienone is 10. The average Bonchev–Trinajstić information content (AvgIpc) is 3.27. The van der Waals surface area contributed by atoms with Crippen molar-refractivity contribution in [3.05, 3.63) is 60.8 Å². The van der Waals surface area contributed by atoms with E-state index in [0.717, 1.165) is 70.6 Å². The Morgan fingerprint density at radius 3 is 1.47 bits per heavy atom. The Morgan fingerprint density at radius 2 is 0.968 bits per heavy atom. The fourth-order valence-electron chi connectivity index (χ4n) is 7.42. The first-order chi connectivity index (χ1) is 30.4. The molecule has 0 bridgehead atoms. The first-order valence-electron chi connectivity index (χ1n) is 25.4. The van der Waals surface area contributed by atoms with Crippen LogP contribution >= 0.6 is 0 Å². The summed E-state index contributed by atoms with van der Waals surface area (Å²) in [5, 5.41) is 40.2. The third kappa shape index (κ3) is 34.3. The molecular weight excluding hydrogens is 781 g/mol. The van der Waals surface area contributed by atoms with Crippen molar-refractivity contribution < 1.29 is 44.2 Å². The molecule has 4 N–H and O–H groups in total. The van der Waals surface area contributed by atoms with E-state index in [9.17, 15) is 25.2 Å². The highest BCUT2D eigenvalue weighted by Gasteiger charge is 2.44. The molecule has 0 radical (unpaired) electrons. The maximum atomic E-state index is 12.8. The van der Waals surface area contributed by atoms with Crippen LogP contribution in [-0.4, -0.2) is 89.6 Å². The van der Waals surface area contributed by atoms with Crippen molar-refractivity contribution >= 4 is 5.97 Å². The van der Waals surface area contributed by atoms with Gasteiger partial charge in [0.15, 0.2) is 6.29 Å². The summed E-state index contributed by atoms with van der Waals surface area (Å²) >= 11 is 0. The second-order valence-corrected chi connectivity index (χ2v) is 17.3. The summed E-state index contributed by atoms with van der Waals surface area (Å²) in [4.78, 5) is 12.8. The lowest BCUT2D eigenvalue weighted by Crippen LogP contribution is -2.59. The molecule has 9 heteroatoms. The Kier molecular flexibility index (Phi) is 41.2. The Labute approximate surface area is 379 Å². The molecule has 0 aromatic heterocycles. The minimum Gasteiger partial charge on any atom is -0.457 e. The summed E-state index contributed by atoms with van der Waals surface area (Å²) in [5.74, 6) is -0.323. The second-order valence-electron chi connectivity index (χ2n) is 17.3. The van der Waals surface area contributed by atoms with Gasteiger partial charge in [-0.05, 0) is 77.0 Å². The van der Waals surface area contributed by atoms with E-state index in [1.807, 2.05) is 0 Å². The monoisotopic (exact) mass is 875 g/mol. The zero-order valence-electron chi connectivity index (χ0n) is 39.6. The SMILES string of the molecule is CCC/C=C\C/C=C\CCCCCCCCOCC(COC1OC(CO)C(O)C(O)C1O)OC(=O)CCCCCCCCCCCC/C=C\C/C=C\C/C=C\CCCCCCC. The van der Waals surface area contributed by atoms with Crippen LogP contribution in [0.15, 0.2) is 60.8 Å². The Balaban J connectivity index is 2.19. The van der Waals surface area contributed by atoms with E-state index in [-0.39, 0.29) is 19.2 Å². The van der Waals surface area contributed by atoms with Gasteiger partial charge in [0, 0.05) is 13.0 Å². The summed E-state index contributed by atoms with van der Waals surface area (Å²) in [6.45, 7) is 4.46. The quantitative estimate of drug-likeness (QED) is 0.0268. The highest BCUT2D eigenvalue weighted by Crippen LogP contribution is 2.23. The van der Waals surface area contributed by atoms with Crippen LogP contribution in [0, 0.1) is 0 Å². The van der Waals surface area contributed by atoms with E-state index in [4.69, 9.17) is 18.9 Å². The van der Waals surface area contributed by atoms with E-state index in [2.05, 4.69) is 74.6 Å². The molecule has 6 unspecified atom stereocenters. The highest BCUT2D eigenvalue weighted by molar-refractivity contribution is 5.69. The van der Waals surface area contributed by atoms with Crippen LogP contribution in [0.2, 0.25) is 0 Å². The van der Waals surface area contributed by atoms with Crippen molar-refractivity contribution in [2.75, 3.05) is 26.4 Å². The van der Waals surface area contributed by atoms with Crippen LogP contribution in [-0.2, 0) is 23.7 Å². The van der Waals surface area contributed by atoms with Crippen LogP contribution in [0.4, 0.5) is 0 Å². The third-order valence-electron chi connectivity index (χ3n) is 11.4. The number of aliphatic hydroxyl groups is 4. The molecule has 1 fully saturated rings. The van der Waals surface area contributed by atoms with Gasteiger partial charge in [0.25, 0.3) is 0 Å². The van der Waals surface area contributed by atoms with Gasteiger partial charge < -0.3 is 39.4 Å². The summed E-state index contributed by atoms with van der Waals surface area (Å²) in [7, 11) is 0. The molecular formula is C53H94O9. The van der Waals surface area contributed by atoms with Gasteiger partial charge in [0.2, 0.25) is 0 Å². The van der Waals surface area contributed by atoms with Crippen molar-refractivity contribution in [1.29, 1.82) is 0 Å². The zero-order valence-corrected chi connectivity index (χ0v) is 39.6. The minimum atomic E-state index is -1.54. The number of carbonyl (C=O) groups is 1. The Hall–Kier alpha value is -2.11. The van der Waals surface area contributed by atoms with Gasteiger partial charge in [0.05, 0.1) is 19.8 Å². The van der Waals surface area contributed by atoms with Gasteiger partial charge in [-0.1, -0.05) is 184 Å². The molecule has 0 spiro atoms. The number of aliphatic hydroxyl groups excluding tert-OH is 4. The van der Waals surface area contributed by atoms with E-state index in [1.54, 1.807) is 0 Å². The molecule has 1 rings (SSSR count). The van der Waals surface area contributed by atoms with Gasteiger partial charge in [-0.2, -0.15) is 0 Å². The van der Waals surface area contributed by atoms with Crippen LogP contribution < -0.4 is 0 Å². The number of hydrogen-bond acceptors (Lipinski definition) is 9. The lowest BCUT2D eigenvalue weighted by molar-refractivity contribution is -0.305. The van der Waals surface area contributed by atoms with Crippen molar-refractivity contribution in [3.8, 4) is 0 Å². The van der Waals surface area contributed by atoms with E-state index >= 15 is 0 Å². The smallest absolute Gasteiger partial charge is 0.306 e. The molecule has 0 saturated carbocycles. The van der Waals surface area contributed by atoms with Gasteiger partial charge in [-0.15, -0.1) is 0 Å². The normalized spacial score (nSPS) is 20.3. The third-order valence-corrected chi connectivity index (χ3v) is 11.4. The van der Waals surface area contributed by atoms with Gasteiger partial charge in [-0.25, -0.2) is 0 Å². The lowest BCUT2D eigenvalue weighted by atomic mass is 9.99. The number of rotatable bonds is 43. The zero-order chi connectivity index (χ0) is 45.0. The molecule has 0 aliphatic carbocycles. The summed E-state index contributed by atoms with van der Waals surface area (Å²) < 4.78 is 22.9. The molecule has 62 heavy (non-hydrogen) atoms. The Morgan fingerprint density at radius 1 is 0.516 bits per heavy atom. The van der Waals surface area contributed by atoms with Crippen LogP contribution in [0.3, 0.4) is 0 Å². The summed E-state index contributed by atoms with van der Waals surface area (Å²) in [6.07, 6.45) is 49.7. The van der Waals surface area contributed by atoms with Gasteiger partial charge in [0.1, 0.15) is 30.5 Å². The Bertz CT molecular complexity index is 1130. The van der Waals surface area contributed by atoms with Crippen LogP contribution in [0.5, 0.6) is 0 Å². The topological polar surface area (TPSA) is 135 Å². The fourth-order valence-corrected chi connectivity index (χ4v) is 7.42. The van der Waals surface area contributed by atoms with Crippen molar-refractivity contribution in [2.24, 2.45) is 0 Å². The minimum absolute atomic E-state index is 0.121. The number of unbranched alkanes of at least 4 members (excludes halogenated alkanes) is 22. The maximum Gasteiger partial charge on any atom is 0.306 e. The van der Waals surface area contributed by atoms with Gasteiger partial charge in [-0.3, -0.25) is 4.79 Å². The molecule has 0 aromatic rings. The number of ether oxygens (including phenoxy) is 4. The molecule has 360 valence electrons. The van der Waals surface area contributed by atoms with Crippen molar-refractivity contribution in [2.45, 2.75) is 243 Å². The van der Waals surface area contributed by atoms with Crippen LogP contribution in [0.25, 0.3) is 0 Å². The number of carbonyl (C=O) groups excluding carboxylic acids is 1. The second kappa shape index (κ2) is 44.1. The lowest BCUT2D eigenvalue weighted by Gasteiger charge is -2.39. The maximum absolute atomic E-state index is 12.8. The predicted octanol–water partition coefficient (Wildman–Crippen LogP) is 12.3. The van der Waals surface area contributed by atoms with Gasteiger partial charge >= 0.3 is 5.97 Å². The molecule has 1 saturated heterocycles. The fraction of sp³-hybridized carbons (Fsp3) is 0.792. The highest BCUT2D eigenvalue weighted by atomic mass is 16.7. The number of esters is 1. The standard InChI is InChI=1S/C53H94O9/c1-3-5-7-9-11-13-15-17-19-20-21-22-23-24-25-26-27-28-29-30-32-34-36-38-40-42-49(55)61-47(46-60-53-52(58)51(57)50(56)48(44-54)62-53)45-59-43-41-39-37-35-33-31-18-16-14-12-10-8-6-4-2/h8,10,14-17,20-21,23-24,47-48,50-54,56-58H,3-7,9,11-13,18-19,22,25-46H2,1-2H3/b10-8-,16-14-,17-15-,21-20-,24-23-. The molecule has 6 atom stereocenters. The number of hydrogen-bond donors (Lipinski definition) is 4. The summed E-state index contributed by atoms with van der Waals surface area (Å²) in [5.41, 5.74) is 0. The largest absolute Gasteiger partial charge is 0.457 e. The van der Waals surface area contributed by atoms with Crippen molar-refractivity contribution in [3.63, 3.8) is 0 Å². The predicted molar refractivity (Wildman–Crippen MR) is 256 cm³/mol. The van der Waals surface area contributed by atoms with E-state index in [0.29, 0.717) is 13.0 Å². The average molecular weight is 875 g/mol.